The van der Waals surface area contributed by atoms with E-state index >= 15 is 0 Å². The highest BCUT2D eigenvalue weighted by molar-refractivity contribution is 6.30. The van der Waals surface area contributed by atoms with Gasteiger partial charge in [-0.3, -0.25) is 4.79 Å². The van der Waals surface area contributed by atoms with E-state index in [0.29, 0.717) is 5.02 Å². The summed E-state index contributed by atoms with van der Waals surface area (Å²) in [4.78, 5) is 11.2. The van der Waals surface area contributed by atoms with Crippen LogP contribution in [0.2, 0.25) is 5.02 Å². The summed E-state index contributed by atoms with van der Waals surface area (Å²) in [6.07, 6.45) is 0. The van der Waals surface area contributed by atoms with Crippen molar-refractivity contribution in [2.45, 2.75) is 13.0 Å². The fourth-order valence-electron chi connectivity index (χ4n) is 1.27. The van der Waals surface area contributed by atoms with Crippen molar-refractivity contribution in [3.05, 3.63) is 34.9 Å². The minimum atomic E-state index is -0.134. The molecule has 1 amide bonds. The molecule has 0 unspecified atom stereocenters. The largest absolute Gasteiger partial charge is 0.375 e. The van der Waals surface area contributed by atoms with Crippen molar-refractivity contribution in [3.63, 3.8) is 0 Å². The van der Waals surface area contributed by atoms with Gasteiger partial charge in [-0.05, 0) is 24.6 Å². The molecule has 0 heterocycles. The van der Waals surface area contributed by atoms with Gasteiger partial charge < -0.3 is 10.1 Å². The summed E-state index contributed by atoms with van der Waals surface area (Å²) in [7, 11) is 1.49. The van der Waals surface area contributed by atoms with Crippen LogP contribution >= 0.6 is 11.6 Å². The second-order valence-corrected chi connectivity index (χ2v) is 3.71. The molecule has 0 aliphatic carbocycles. The van der Waals surface area contributed by atoms with Crippen molar-refractivity contribution in [2.75, 3.05) is 13.7 Å². The second kappa shape index (κ2) is 5.73. The summed E-state index contributed by atoms with van der Waals surface area (Å²) in [5.41, 5.74) is 0.979. The lowest BCUT2D eigenvalue weighted by Gasteiger charge is -2.14. The third-order valence-corrected chi connectivity index (χ3v) is 2.24. The standard InChI is InChI=1S/C11H14ClNO2/c1-8(13-11(14)7-15-2)9-4-3-5-10(12)6-9/h3-6,8H,7H2,1-2H3,(H,13,14)/t8-/m1/s1. The highest BCUT2D eigenvalue weighted by Gasteiger charge is 2.08. The third kappa shape index (κ3) is 3.90. The van der Waals surface area contributed by atoms with Gasteiger partial charge in [-0.15, -0.1) is 0 Å². The zero-order valence-corrected chi connectivity index (χ0v) is 9.54. The Labute approximate surface area is 94.4 Å². The molecule has 1 aromatic carbocycles. The molecule has 0 saturated carbocycles. The normalized spacial score (nSPS) is 12.2. The molecule has 0 bridgehead atoms. The first-order valence-electron chi connectivity index (χ1n) is 4.67. The Balaban J connectivity index is 2.60. The predicted molar refractivity (Wildman–Crippen MR) is 59.9 cm³/mol. The number of ether oxygens (including phenoxy) is 1. The molecule has 3 nitrogen and oxygen atoms in total. The molecule has 1 N–H and O–H groups in total. The van der Waals surface area contributed by atoms with E-state index in [0.717, 1.165) is 5.56 Å². The molecule has 82 valence electrons. The van der Waals surface area contributed by atoms with Crippen LogP contribution < -0.4 is 5.32 Å². The average molecular weight is 228 g/mol. The number of carbonyl (C=O) groups excluding carboxylic acids is 1. The Morgan fingerprint density at radius 3 is 2.93 bits per heavy atom. The van der Waals surface area contributed by atoms with Crippen LogP contribution in [0, 0.1) is 0 Å². The number of hydrogen-bond donors (Lipinski definition) is 1. The summed E-state index contributed by atoms with van der Waals surface area (Å²) in [6.45, 7) is 1.98. The number of nitrogens with one attached hydrogen (secondary N) is 1. The molecule has 15 heavy (non-hydrogen) atoms. The average Bonchev–Trinajstić information content (AvgIpc) is 2.18. The lowest BCUT2D eigenvalue weighted by molar-refractivity contribution is -0.125. The Kier molecular flexibility index (Phi) is 4.59. The van der Waals surface area contributed by atoms with Gasteiger partial charge in [0.1, 0.15) is 6.61 Å². The van der Waals surface area contributed by atoms with Crippen LogP contribution in [0.3, 0.4) is 0 Å². The number of amides is 1. The van der Waals surface area contributed by atoms with E-state index in [1.807, 2.05) is 25.1 Å². The maximum Gasteiger partial charge on any atom is 0.246 e. The molecular weight excluding hydrogens is 214 g/mol. The monoisotopic (exact) mass is 227 g/mol. The first kappa shape index (κ1) is 12.0. The summed E-state index contributed by atoms with van der Waals surface area (Å²) in [5, 5.41) is 3.47. The quantitative estimate of drug-likeness (QED) is 0.856. The molecule has 1 rings (SSSR count). The number of rotatable bonds is 4. The summed E-state index contributed by atoms with van der Waals surface area (Å²) >= 11 is 5.85. The van der Waals surface area contributed by atoms with Crippen LogP contribution in [-0.4, -0.2) is 19.6 Å². The van der Waals surface area contributed by atoms with E-state index in [1.54, 1.807) is 6.07 Å². The van der Waals surface area contributed by atoms with Crippen molar-refractivity contribution in [2.24, 2.45) is 0 Å². The van der Waals surface area contributed by atoms with Crippen molar-refractivity contribution >= 4 is 17.5 Å². The van der Waals surface area contributed by atoms with Crippen LogP contribution in [-0.2, 0) is 9.53 Å². The Morgan fingerprint density at radius 1 is 1.60 bits per heavy atom. The van der Waals surface area contributed by atoms with E-state index in [1.165, 1.54) is 7.11 Å². The number of benzene rings is 1. The van der Waals surface area contributed by atoms with Gasteiger partial charge >= 0.3 is 0 Å². The van der Waals surface area contributed by atoms with Crippen LogP contribution in [0.4, 0.5) is 0 Å². The van der Waals surface area contributed by atoms with Crippen molar-refractivity contribution in [3.8, 4) is 0 Å². The van der Waals surface area contributed by atoms with Crippen molar-refractivity contribution in [1.29, 1.82) is 0 Å². The minimum absolute atomic E-state index is 0.0636. The van der Waals surface area contributed by atoms with Gasteiger partial charge in [-0.2, -0.15) is 0 Å². The molecule has 1 aromatic rings. The molecule has 4 heteroatoms. The molecule has 0 aliphatic heterocycles. The molecule has 0 spiro atoms. The third-order valence-electron chi connectivity index (χ3n) is 2.00. The predicted octanol–water partition coefficient (Wildman–Crippen LogP) is 2.16. The molecule has 0 radical (unpaired) electrons. The number of carbonyl (C=O) groups is 1. The highest BCUT2D eigenvalue weighted by atomic mass is 35.5. The maximum atomic E-state index is 11.2. The van der Waals surface area contributed by atoms with E-state index in [9.17, 15) is 4.79 Å². The van der Waals surface area contributed by atoms with Crippen LogP contribution in [0.1, 0.15) is 18.5 Å². The lowest BCUT2D eigenvalue weighted by Crippen LogP contribution is -2.29. The Bertz CT molecular complexity index is 341. The van der Waals surface area contributed by atoms with Gasteiger partial charge in [0.2, 0.25) is 5.91 Å². The Hall–Kier alpha value is -1.06. The van der Waals surface area contributed by atoms with E-state index in [2.05, 4.69) is 5.32 Å². The number of hydrogen-bond acceptors (Lipinski definition) is 2. The highest BCUT2D eigenvalue weighted by Crippen LogP contribution is 2.16. The van der Waals surface area contributed by atoms with Crippen LogP contribution in [0.25, 0.3) is 0 Å². The summed E-state index contributed by atoms with van der Waals surface area (Å²) in [6, 6.07) is 7.35. The SMILES string of the molecule is COCC(=O)N[C@H](C)c1cccc(Cl)c1. The van der Waals surface area contributed by atoms with Gasteiger partial charge in [0.15, 0.2) is 0 Å². The van der Waals surface area contributed by atoms with Crippen LogP contribution in [0.5, 0.6) is 0 Å². The fourth-order valence-corrected chi connectivity index (χ4v) is 1.47. The second-order valence-electron chi connectivity index (χ2n) is 3.28. The van der Waals surface area contributed by atoms with Gasteiger partial charge in [-0.25, -0.2) is 0 Å². The topological polar surface area (TPSA) is 38.3 Å². The molecule has 0 aliphatic rings. The van der Waals surface area contributed by atoms with Crippen molar-refractivity contribution in [1.82, 2.24) is 5.32 Å². The van der Waals surface area contributed by atoms with E-state index in [4.69, 9.17) is 16.3 Å². The molecule has 0 aromatic heterocycles. The minimum Gasteiger partial charge on any atom is -0.375 e. The van der Waals surface area contributed by atoms with E-state index in [-0.39, 0.29) is 18.6 Å². The van der Waals surface area contributed by atoms with Crippen LogP contribution in [0.15, 0.2) is 24.3 Å². The molecule has 1 atom stereocenters. The van der Waals surface area contributed by atoms with Gasteiger partial charge in [-0.1, -0.05) is 23.7 Å². The van der Waals surface area contributed by atoms with Crippen molar-refractivity contribution < 1.29 is 9.53 Å². The maximum absolute atomic E-state index is 11.2. The molecule has 0 saturated heterocycles. The molecular formula is C11H14ClNO2. The number of halogens is 1. The van der Waals surface area contributed by atoms with Gasteiger partial charge in [0.05, 0.1) is 6.04 Å². The molecule has 0 fully saturated rings. The zero-order valence-electron chi connectivity index (χ0n) is 8.79. The first-order chi connectivity index (χ1) is 7.13. The summed E-state index contributed by atoms with van der Waals surface area (Å²) < 4.78 is 4.73. The van der Waals surface area contributed by atoms with E-state index < -0.39 is 0 Å². The van der Waals surface area contributed by atoms with Gasteiger partial charge in [0.25, 0.3) is 0 Å². The zero-order chi connectivity index (χ0) is 11.3. The number of methoxy groups -OCH3 is 1. The summed E-state index contributed by atoms with van der Waals surface area (Å²) in [5.74, 6) is -0.134. The van der Waals surface area contributed by atoms with Gasteiger partial charge in [0, 0.05) is 12.1 Å². The first-order valence-corrected chi connectivity index (χ1v) is 5.05. The fraction of sp³-hybridized carbons (Fsp3) is 0.364. The smallest absolute Gasteiger partial charge is 0.246 e. The lowest BCUT2D eigenvalue weighted by atomic mass is 10.1. The Morgan fingerprint density at radius 2 is 2.33 bits per heavy atom.